The lowest BCUT2D eigenvalue weighted by molar-refractivity contribution is 0.670. The van der Waals surface area contributed by atoms with Crippen molar-refractivity contribution < 1.29 is 0 Å². The minimum Gasteiger partial charge on any atom is -0.344 e. The first-order valence-corrected chi connectivity index (χ1v) is 7.78. The molecule has 2 rings (SSSR count). The second-order valence-electron chi connectivity index (χ2n) is 4.54. The van der Waals surface area contributed by atoms with E-state index in [0.717, 1.165) is 29.3 Å². The van der Waals surface area contributed by atoms with Crippen molar-refractivity contribution in [3.8, 4) is 0 Å². The number of rotatable bonds is 6. The predicted molar refractivity (Wildman–Crippen MR) is 72.8 cm³/mol. The summed E-state index contributed by atoms with van der Waals surface area (Å²) in [5, 5.41) is 2.14. The Balaban J connectivity index is 2.04. The van der Waals surface area contributed by atoms with Gasteiger partial charge in [-0.15, -0.1) is 0 Å². The van der Waals surface area contributed by atoms with Crippen LogP contribution in [0.25, 0.3) is 0 Å². The van der Waals surface area contributed by atoms with E-state index in [9.17, 15) is 0 Å². The Morgan fingerprint density at radius 3 is 2.81 bits per heavy atom. The van der Waals surface area contributed by atoms with E-state index >= 15 is 0 Å². The van der Waals surface area contributed by atoms with Gasteiger partial charge in [0.05, 0.1) is 0 Å². The van der Waals surface area contributed by atoms with Gasteiger partial charge >= 0.3 is 0 Å². The summed E-state index contributed by atoms with van der Waals surface area (Å²) in [6.07, 6.45) is 3.70. The van der Waals surface area contributed by atoms with Gasteiger partial charge in [0.1, 0.15) is 5.82 Å². The highest BCUT2D eigenvalue weighted by atomic mass is 79.9. The average Bonchev–Trinajstić information content (AvgIpc) is 2.99. The minimum absolute atomic E-state index is 0.499. The zero-order valence-corrected chi connectivity index (χ0v) is 12.2. The first-order valence-electron chi connectivity index (χ1n) is 5.88. The number of hydrogen-bond acceptors (Lipinski definition) is 4. The lowest BCUT2D eigenvalue weighted by Crippen LogP contribution is -2.31. The van der Waals surface area contributed by atoms with Crippen molar-refractivity contribution in [2.45, 2.75) is 45.1 Å². The Morgan fingerprint density at radius 2 is 2.25 bits per heavy atom. The zero-order chi connectivity index (χ0) is 11.5. The van der Waals surface area contributed by atoms with Crippen LogP contribution in [0.5, 0.6) is 0 Å². The van der Waals surface area contributed by atoms with Gasteiger partial charge in [0.25, 0.3) is 0 Å². The van der Waals surface area contributed by atoms with E-state index in [0.29, 0.717) is 12.0 Å². The number of halogens is 1. The summed E-state index contributed by atoms with van der Waals surface area (Å²) < 4.78 is 4.47. The summed E-state index contributed by atoms with van der Waals surface area (Å²) >= 11 is 5.03. The molecule has 0 saturated heterocycles. The van der Waals surface area contributed by atoms with Crippen molar-refractivity contribution in [2.75, 3.05) is 16.8 Å². The molecular weight excluding hydrogens is 286 g/mol. The zero-order valence-electron chi connectivity index (χ0n) is 9.82. The SMILES string of the molecule is CC(C)N(CCCBr)c1nc(C2CC2)ns1. The van der Waals surface area contributed by atoms with Gasteiger partial charge < -0.3 is 4.90 Å². The quantitative estimate of drug-likeness (QED) is 0.754. The molecule has 1 aliphatic carbocycles. The Morgan fingerprint density at radius 1 is 1.50 bits per heavy atom. The topological polar surface area (TPSA) is 29.0 Å². The number of alkyl halides is 1. The van der Waals surface area contributed by atoms with Crippen LogP contribution in [-0.2, 0) is 0 Å². The van der Waals surface area contributed by atoms with E-state index in [4.69, 9.17) is 0 Å². The first-order chi connectivity index (χ1) is 7.72. The van der Waals surface area contributed by atoms with Crippen molar-refractivity contribution in [1.29, 1.82) is 0 Å². The molecule has 1 aliphatic rings. The van der Waals surface area contributed by atoms with E-state index in [1.807, 2.05) is 0 Å². The number of hydrogen-bond donors (Lipinski definition) is 0. The third-order valence-electron chi connectivity index (χ3n) is 2.78. The molecule has 1 aromatic rings. The predicted octanol–water partition coefficient (Wildman–Crippen LogP) is 3.42. The van der Waals surface area contributed by atoms with Crippen molar-refractivity contribution in [2.24, 2.45) is 0 Å². The van der Waals surface area contributed by atoms with Gasteiger partial charge in [0.15, 0.2) is 0 Å². The summed E-state index contributed by atoms with van der Waals surface area (Å²) in [5.74, 6) is 1.74. The Bertz CT molecular complexity index is 336. The van der Waals surface area contributed by atoms with Crippen LogP contribution in [0.4, 0.5) is 5.13 Å². The Labute approximate surface area is 110 Å². The van der Waals surface area contributed by atoms with E-state index in [2.05, 4.69) is 44.0 Å². The maximum atomic E-state index is 4.66. The van der Waals surface area contributed by atoms with Crippen LogP contribution in [-0.4, -0.2) is 27.3 Å². The molecule has 0 aliphatic heterocycles. The van der Waals surface area contributed by atoms with Gasteiger partial charge in [0, 0.05) is 35.4 Å². The summed E-state index contributed by atoms with van der Waals surface area (Å²) in [4.78, 5) is 7.02. The fraction of sp³-hybridized carbons (Fsp3) is 0.818. The van der Waals surface area contributed by atoms with Crippen LogP contribution < -0.4 is 4.90 Å². The molecule has 0 N–H and O–H groups in total. The van der Waals surface area contributed by atoms with Crippen LogP contribution in [0.2, 0.25) is 0 Å². The molecule has 5 heteroatoms. The molecule has 1 heterocycles. The summed E-state index contributed by atoms with van der Waals surface area (Å²) in [6, 6.07) is 0.499. The molecule has 1 fully saturated rings. The standard InChI is InChI=1S/C11H18BrN3S/c1-8(2)15(7-3-6-12)11-13-10(14-16-11)9-4-5-9/h8-9H,3-7H2,1-2H3. The maximum absolute atomic E-state index is 4.66. The average molecular weight is 304 g/mol. The van der Waals surface area contributed by atoms with Gasteiger partial charge in [-0.1, -0.05) is 15.9 Å². The maximum Gasteiger partial charge on any atom is 0.205 e. The molecule has 16 heavy (non-hydrogen) atoms. The monoisotopic (exact) mass is 303 g/mol. The van der Waals surface area contributed by atoms with E-state index in [1.165, 1.54) is 12.8 Å². The highest BCUT2D eigenvalue weighted by Gasteiger charge is 2.28. The fourth-order valence-corrected chi connectivity index (χ4v) is 2.81. The molecule has 0 unspecified atom stereocenters. The number of nitrogens with zero attached hydrogens (tertiary/aromatic N) is 3. The second kappa shape index (κ2) is 5.45. The molecule has 90 valence electrons. The van der Waals surface area contributed by atoms with Crippen LogP contribution in [0, 0.1) is 0 Å². The van der Waals surface area contributed by atoms with Crippen molar-refractivity contribution >= 4 is 32.6 Å². The summed E-state index contributed by atoms with van der Waals surface area (Å²) in [7, 11) is 0. The van der Waals surface area contributed by atoms with Gasteiger partial charge in [-0.25, -0.2) is 4.98 Å². The van der Waals surface area contributed by atoms with Gasteiger partial charge in [-0.3, -0.25) is 0 Å². The molecular formula is C11H18BrN3S. The molecule has 0 bridgehead atoms. The molecule has 0 aromatic carbocycles. The highest BCUT2D eigenvalue weighted by molar-refractivity contribution is 9.09. The van der Waals surface area contributed by atoms with Crippen LogP contribution in [0.15, 0.2) is 0 Å². The third kappa shape index (κ3) is 2.94. The minimum atomic E-state index is 0.499. The normalized spacial score (nSPS) is 15.8. The van der Waals surface area contributed by atoms with Crippen molar-refractivity contribution in [3.63, 3.8) is 0 Å². The van der Waals surface area contributed by atoms with Crippen LogP contribution in [0.3, 0.4) is 0 Å². The summed E-state index contributed by atoms with van der Waals surface area (Å²) in [6.45, 7) is 5.49. The van der Waals surface area contributed by atoms with Crippen LogP contribution in [0.1, 0.15) is 44.9 Å². The molecule has 0 amide bonds. The lowest BCUT2D eigenvalue weighted by Gasteiger charge is -2.25. The van der Waals surface area contributed by atoms with E-state index in [1.54, 1.807) is 11.5 Å². The lowest BCUT2D eigenvalue weighted by atomic mass is 10.3. The smallest absolute Gasteiger partial charge is 0.205 e. The van der Waals surface area contributed by atoms with E-state index in [-0.39, 0.29) is 0 Å². The fourth-order valence-electron chi connectivity index (χ4n) is 1.66. The Kier molecular flexibility index (Phi) is 4.19. The number of anilines is 1. The van der Waals surface area contributed by atoms with Gasteiger partial charge in [-0.05, 0) is 33.1 Å². The van der Waals surface area contributed by atoms with Crippen LogP contribution >= 0.6 is 27.5 Å². The highest BCUT2D eigenvalue weighted by Crippen LogP contribution is 2.39. The molecule has 1 aromatic heterocycles. The van der Waals surface area contributed by atoms with Gasteiger partial charge in [0.2, 0.25) is 5.13 Å². The molecule has 0 spiro atoms. The van der Waals surface area contributed by atoms with Gasteiger partial charge in [-0.2, -0.15) is 4.37 Å². The van der Waals surface area contributed by atoms with Crippen molar-refractivity contribution in [1.82, 2.24) is 9.36 Å². The third-order valence-corrected chi connectivity index (χ3v) is 4.10. The molecule has 0 atom stereocenters. The largest absolute Gasteiger partial charge is 0.344 e. The van der Waals surface area contributed by atoms with Crippen molar-refractivity contribution in [3.05, 3.63) is 5.82 Å². The molecule has 1 saturated carbocycles. The second-order valence-corrected chi connectivity index (χ2v) is 6.06. The molecule has 3 nitrogen and oxygen atoms in total. The van der Waals surface area contributed by atoms with E-state index < -0.39 is 0 Å². The number of aromatic nitrogens is 2. The first kappa shape index (κ1) is 12.3. The Hall–Kier alpha value is -0.160. The molecule has 0 radical (unpaired) electrons. The summed E-state index contributed by atoms with van der Waals surface area (Å²) in [5.41, 5.74) is 0.